The van der Waals surface area contributed by atoms with Gasteiger partial charge >= 0.3 is 6.09 Å². The highest BCUT2D eigenvalue weighted by Gasteiger charge is 2.24. The predicted molar refractivity (Wildman–Crippen MR) is 116 cm³/mol. The van der Waals surface area contributed by atoms with E-state index < -0.39 is 11.7 Å². The molecular formula is C21H32BrN3O4. The summed E-state index contributed by atoms with van der Waals surface area (Å²) in [5.74, 6) is 0.584. The number of piperazine rings is 1. The Morgan fingerprint density at radius 1 is 1.14 bits per heavy atom. The van der Waals surface area contributed by atoms with Crippen LogP contribution in [0.15, 0.2) is 22.7 Å². The molecule has 1 aromatic rings. The Balaban J connectivity index is 1.87. The molecule has 1 aliphatic heterocycles. The van der Waals surface area contributed by atoms with Gasteiger partial charge in [0.2, 0.25) is 0 Å². The molecule has 1 N–H and O–H groups in total. The Morgan fingerprint density at radius 3 is 2.38 bits per heavy atom. The highest BCUT2D eigenvalue weighted by Crippen LogP contribution is 2.23. The van der Waals surface area contributed by atoms with Crippen molar-refractivity contribution in [3.05, 3.63) is 28.2 Å². The Bertz CT molecular complexity index is 710. The Labute approximate surface area is 181 Å². The average Bonchev–Trinajstić information content (AvgIpc) is 2.63. The number of carbonyl (C=O) groups excluding carboxylic acids is 2. The van der Waals surface area contributed by atoms with Crippen molar-refractivity contribution < 1.29 is 19.1 Å². The van der Waals surface area contributed by atoms with E-state index in [1.807, 2.05) is 31.7 Å². The molecule has 1 saturated heterocycles. The molecule has 2 amide bonds. The first-order chi connectivity index (χ1) is 13.5. The van der Waals surface area contributed by atoms with Crippen LogP contribution in [0.5, 0.6) is 5.75 Å². The number of halogens is 1. The molecule has 7 nitrogen and oxygen atoms in total. The van der Waals surface area contributed by atoms with Crippen LogP contribution in [0.1, 0.15) is 45.0 Å². The van der Waals surface area contributed by atoms with Crippen LogP contribution >= 0.6 is 15.9 Å². The Kier molecular flexibility index (Phi) is 8.34. The summed E-state index contributed by atoms with van der Waals surface area (Å²) in [6.45, 7) is 13.6. The third-order valence-electron chi connectivity index (χ3n) is 4.49. The highest BCUT2D eigenvalue weighted by molar-refractivity contribution is 9.10. The summed E-state index contributed by atoms with van der Waals surface area (Å²) in [6.07, 6.45) is -0.480. The average molecular weight is 470 g/mol. The van der Waals surface area contributed by atoms with E-state index in [-0.39, 0.29) is 12.5 Å². The van der Waals surface area contributed by atoms with Crippen molar-refractivity contribution in [2.45, 2.75) is 46.3 Å². The van der Waals surface area contributed by atoms with Crippen molar-refractivity contribution in [3.8, 4) is 5.75 Å². The molecule has 2 rings (SSSR count). The van der Waals surface area contributed by atoms with Crippen LogP contribution in [0, 0.1) is 0 Å². The monoisotopic (exact) mass is 469 g/mol. The summed E-state index contributed by atoms with van der Waals surface area (Å²) >= 11 is 3.45. The van der Waals surface area contributed by atoms with Gasteiger partial charge in [-0.1, -0.05) is 15.9 Å². The zero-order valence-corrected chi connectivity index (χ0v) is 19.5. The lowest BCUT2D eigenvalue weighted by Gasteiger charge is -2.37. The van der Waals surface area contributed by atoms with Crippen molar-refractivity contribution in [2.24, 2.45) is 0 Å². The molecule has 162 valence electrons. The van der Waals surface area contributed by atoms with Gasteiger partial charge < -0.3 is 19.7 Å². The molecule has 0 saturated carbocycles. The van der Waals surface area contributed by atoms with Crippen LogP contribution < -0.4 is 10.1 Å². The van der Waals surface area contributed by atoms with Crippen molar-refractivity contribution in [3.63, 3.8) is 0 Å². The zero-order valence-electron chi connectivity index (χ0n) is 18.0. The van der Waals surface area contributed by atoms with Crippen LogP contribution in [-0.2, 0) is 4.74 Å². The smallest absolute Gasteiger partial charge is 0.407 e. The molecule has 1 aliphatic rings. The maximum absolute atomic E-state index is 12.9. The molecule has 1 heterocycles. The topological polar surface area (TPSA) is 71.1 Å². The SMILES string of the molecule is CC(C)N1CCN(C(=O)c2cc(Br)cc(OCCNC(=O)OC(C)(C)C)c2)CC1. The minimum Gasteiger partial charge on any atom is -0.492 e. The third kappa shape index (κ3) is 7.85. The second-order valence-electron chi connectivity index (χ2n) is 8.37. The Morgan fingerprint density at radius 2 is 1.79 bits per heavy atom. The number of alkyl carbamates (subject to hydrolysis) is 1. The molecule has 29 heavy (non-hydrogen) atoms. The Hall–Kier alpha value is -1.80. The van der Waals surface area contributed by atoms with E-state index in [2.05, 4.69) is 40.0 Å². The first-order valence-electron chi connectivity index (χ1n) is 9.99. The number of hydrogen-bond donors (Lipinski definition) is 1. The third-order valence-corrected chi connectivity index (χ3v) is 4.95. The molecule has 1 fully saturated rings. The van der Waals surface area contributed by atoms with Gasteiger partial charge in [-0.2, -0.15) is 0 Å². The normalized spacial score (nSPS) is 15.3. The first-order valence-corrected chi connectivity index (χ1v) is 10.8. The van der Waals surface area contributed by atoms with E-state index in [1.165, 1.54) is 0 Å². The number of hydrogen-bond acceptors (Lipinski definition) is 5. The van der Waals surface area contributed by atoms with Gasteiger partial charge in [0.1, 0.15) is 18.0 Å². The summed E-state index contributed by atoms with van der Waals surface area (Å²) in [4.78, 5) is 28.8. The molecule has 0 bridgehead atoms. The molecular weight excluding hydrogens is 438 g/mol. The van der Waals surface area contributed by atoms with E-state index in [0.717, 1.165) is 30.7 Å². The minimum atomic E-state index is -0.537. The molecule has 0 radical (unpaired) electrons. The summed E-state index contributed by atoms with van der Waals surface area (Å²) in [6, 6.07) is 5.85. The van der Waals surface area contributed by atoms with Crippen molar-refractivity contribution >= 4 is 27.9 Å². The molecule has 0 aromatic heterocycles. The molecule has 0 spiro atoms. The molecule has 0 atom stereocenters. The summed E-state index contributed by atoms with van der Waals surface area (Å²) in [7, 11) is 0. The summed E-state index contributed by atoms with van der Waals surface area (Å²) in [5, 5.41) is 2.65. The number of carbonyl (C=O) groups is 2. The quantitative estimate of drug-likeness (QED) is 0.645. The fourth-order valence-corrected chi connectivity index (χ4v) is 3.50. The molecule has 0 aliphatic carbocycles. The second kappa shape index (κ2) is 10.3. The summed E-state index contributed by atoms with van der Waals surface area (Å²) in [5.41, 5.74) is 0.0537. The van der Waals surface area contributed by atoms with Gasteiger partial charge in [-0.15, -0.1) is 0 Å². The fraction of sp³-hybridized carbons (Fsp3) is 0.619. The number of nitrogens with one attached hydrogen (secondary N) is 1. The first kappa shape index (κ1) is 23.5. The van der Waals surface area contributed by atoms with Crippen molar-refractivity contribution in [1.29, 1.82) is 0 Å². The van der Waals surface area contributed by atoms with E-state index in [9.17, 15) is 9.59 Å². The maximum Gasteiger partial charge on any atom is 0.407 e. The second-order valence-corrected chi connectivity index (χ2v) is 9.29. The van der Waals surface area contributed by atoms with E-state index in [1.54, 1.807) is 12.1 Å². The van der Waals surface area contributed by atoms with Gasteiger partial charge in [0.15, 0.2) is 0 Å². The van der Waals surface area contributed by atoms with E-state index in [0.29, 0.717) is 23.9 Å². The lowest BCUT2D eigenvalue weighted by atomic mass is 10.1. The van der Waals surface area contributed by atoms with Crippen LogP contribution in [-0.4, -0.2) is 72.8 Å². The number of ether oxygens (including phenoxy) is 2. The molecule has 8 heteroatoms. The van der Waals surface area contributed by atoms with E-state index in [4.69, 9.17) is 9.47 Å². The van der Waals surface area contributed by atoms with Crippen LogP contribution in [0.2, 0.25) is 0 Å². The zero-order chi connectivity index (χ0) is 21.6. The minimum absolute atomic E-state index is 0.00596. The number of benzene rings is 1. The molecule has 1 aromatic carbocycles. The van der Waals surface area contributed by atoms with Gasteiger partial charge in [-0.05, 0) is 52.8 Å². The fourth-order valence-electron chi connectivity index (χ4n) is 3.03. The van der Waals surface area contributed by atoms with Crippen molar-refractivity contribution in [1.82, 2.24) is 15.1 Å². The van der Waals surface area contributed by atoms with E-state index >= 15 is 0 Å². The van der Waals surface area contributed by atoms with Gasteiger partial charge in [0, 0.05) is 42.3 Å². The number of rotatable bonds is 6. The van der Waals surface area contributed by atoms with Gasteiger partial charge in [0.25, 0.3) is 5.91 Å². The van der Waals surface area contributed by atoms with Gasteiger partial charge in [-0.3, -0.25) is 9.69 Å². The van der Waals surface area contributed by atoms with Crippen LogP contribution in [0.4, 0.5) is 4.79 Å². The summed E-state index contributed by atoms with van der Waals surface area (Å²) < 4.78 is 11.7. The lowest BCUT2D eigenvalue weighted by Crippen LogP contribution is -2.50. The standard InChI is InChI=1S/C21H32BrN3O4/c1-15(2)24-7-9-25(10-8-24)19(26)16-12-17(22)14-18(13-16)28-11-6-23-20(27)29-21(3,4)5/h12-15H,6-11H2,1-5H3,(H,23,27). The van der Waals surface area contributed by atoms with Gasteiger partial charge in [-0.25, -0.2) is 4.79 Å². The predicted octanol–water partition coefficient (Wildman–Crippen LogP) is 3.52. The number of amides is 2. The number of nitrogens with zero attached hydrogens (tertiary/aromatic N) is 2. The van der Waals surface area contributed by atoms with Crippen LogP contribution in [0.25, 0.3) is 0 Å². The van der Waals surface area contributed by atoms with Crippen molar-refractivity contribution in [2.75, 3.05) is 39.3 Å². The van der Waals surface area contributed by atoms with Gasteiger partial charge in [0.05, 0.1) is 6.54 Å². The highest BCUT2D eigenvalue weighted by atomic mass is 79.9. The maximum atomic E-state index is 12.9. The molecule has 0 unspecified atom stereocenters. The lowest BCUT2D eigenvalue weighted by molar-refractivity contribution is 0.0520. The van der Waals surface area contributed by atoms with Crippen LogP contribution in [0.3, 0.4) is 0 Å². The largest absolute Gasteiger partial charge is 0.492 e.